The Balaban J connectivity index is 3.15. The fourth-order valence-corrected chi connectivity index (χ4v) is 1.94. The summed E-state index contributed by atoms with van der Waals surface area (Å²) in [7, 11) is 1.83. The molecule has 1 rings (SSSR count). The molecule has 4 N–H and O–H groups in total. The van der Waals surface area contributed by atoms with Crippen LogP contribution in [0.2, 0.25) is 0 Å². The first kappa shape index (κ1) is 12.8. The van der Waals surface area contributed by atoms with Crippen LogP contribution in [0.15, 0.2) is 11.3 Å². The number of carbonyl (C=O) groups excluding carboxylic acids is 1. The molecule has 0 saturated carbocycles. The standard InChI is InChI=1S/C10H16N4OS/c1-4-12-10(16)8-7(15)5-14(3)6(2)9(8)13-11/h5-6,11H,4H2,1-3H3,(H2,12,15,16)/p+1. The first-order valence-electron chi connectivity index (χ1n) is 5.13. The van der Waals surface area contributed by atoms with E-state index < -0.39 is 0 Å². The van der Waals surface area contributed by atoms with Crippen LogP contribution in [0.3, 0.4) is 0 Å². The lowest BCUT2D eigenvalue weighted by molar-refractivity contribution is -0.520. The molecule has 1 unspecified atom stereocenters. The highest BCUT2D eigenvalue weighted by molar-refractivity contribution is 7.80. The van der Waals surface area contributed by atoms with Gasteiger partial charge in [-0.25, -0.2) is 4.58 Å². The zero-order valence-corrected chi connectivity index (χ0v) is 10.5. The van der Waals surface area contributed by atoms with E-state index in [1.807, 2.05) is 20.9 Å². The number of rotatable bonds is 3. The Hall–Kier alpha value is -1.27. The maximum atomic E-state index is 11.9. The van der Waals surface area contributed by atoms with Crippen LogP contribution >= 0.6 is 12.2 Å². The molecule has 5 nitrogen and oxygen atoms in total. The van der Waals surface area contributed by atoms with Crippen LogP contribution in [0.5, 0.6) is 0 Å². The Kier molecular flexibility index (Phi) is 4.14. The number of likely N-dealkylation sites (N-methyl/N-ethyl adjacent to an activating group) is 2. The van der Waals surface area contributed by atoms with Crippen molar-refractivity contribution in [1.29, 1.82) is 0 Å². The van der Waals surface area contributed by atoms with Crippen LogP contribution in [-0.4, -0.2) is 41.2 Å². The van der Waals surface area contributed by atoms with Crippen LogP contribution < -0.4 is 16.6 Å². The second-order valence-corrected chi connectivity index (χ2v) is 4.04. The minimum absolute atomic E-state index is 0.00862. The molecule has 0 fully saturated rings. The second kappa shape index (κ2) is 5.18. The van der Waals surface area contributed by atoms with Gasteiger partial charge in [0.05, 0.1) is 5.57 Å². The molecular weight excluding hydrogens is 224 g/mol. The van der Waals surface area contributed by atoms with Crippen molar-refractivity contribution in [3.05, 3.63) is 11.3 Å². The van der Waals surface area contributed by atoms with Crippen molar-refractivity contribution in [2.75, 3.05) is 13.6 Å². The van der Waals surface area contributed by atoms with Gasteiger partial charge in [0, 0.05) is 13.5 Å². The van der Waals surface area contributed by atoms with Crippen LogP contribution in [0.4, 0.5) is 0 Å². The van der Waals surface area contributed by atoms with Gasteiger partial charge in [-0.1, -0.05) is 12.2 Å². The highest BCUT2D eigenvalue weighted by Crippen LogP contribution is 2.14. The SMILES string of the molecule is CCNC(=S)C1=C(NN)C(C)[N+](C)=CC1=O. The predicted octanol–water partition coefficient (Wildman–Crippen LogP) is -0.675. The second-order valence-electron chi connectivity index (χ2n) is 3.63. The maximum absolute atomic E-state index is 11.9. The van der Waals surface area contributed by atoms with E-state index in [0.29, 0.717) is 22.8 Å². The highest BCUT2D eigenvalue weighted by atomic mass is 32.1. The molecule has 1 atom stereocenters. The van der Waals surface area contributed by atoms with Crippen LogP contribution in [0.1, 0.15) is 13.8 Å². The van der Waals surface area contributed by atoms with Gasteiger partial charge in [-0.05, 0) is 6.92 Å². The number of nitrogens with two attached hydrogens (primary N) is 1. The minimum Gasteiger partial charge on any atom is -0.376 e. The molecule has 88 valence electrons. The summed E-state index contributed by atoms with van der Waals surface area (Å²) < 4.78 is 1.80. The third-order valence-corrected chi connectivity index (χ3v) is 2.93. The van der Waals surface area contributed by atoms with E-state index in [0.717, 1.165) is 0 Å². The van der Waals surface area contributed by atoms with Gasteiger partial charge in [-0.3, -0.25) is 10.6 Å². The Bertz CT molecular complexity index is 386. The topological polar surface area (TPSA) is 70.2 Å². The van der Waals surface area contributed by atoms with Gasteiger partial charge >= 0.3 is 0 Å². The number of hydrogen-bond donors (Lipinski definition) is 3. The van der Waals surface area contributed by atoms with Crippen LogP contribution in [0, 0.1) is 0 Å². The third kappa shape index (κ3) is 2.28. The van der Waals surface area contributed by atoms with E-state index in [1.54, 1.807) is 4.58 Å². The quantitative estimate of drug-likeness (QED) is 0.264. The first-order chi connectivity index (χ1) is 7.52. The molecule has 0 aromatic carbocycles. The Morgan fingerprint density at radius 1 is 1.69 bits per heavy atom. The fraction of sp³-hybridized carbons (Fsp3) is 0.500. The lowest BCUT2D eigenvalue weighted by Gasteiger charge is -2.20. The summed E-state index contributed by atoms with van der Waals surface area (Å²) in [5.74, 6) is 5.33. The Labute approximate surface area is 100 Å². The van der Waals surface area contributed by atoms with Gasteiger partial charge in [0.2, 0.25) is 6.21 Å². The van der Waals surface area contributed by atoms with Crippen molar-refractivity contribution in [3.63, 3.8) is 0 Å². The molecule has 0 amide bonds. The lowest BCUT2D eigenvalue weighted by atomic mass is 10.0. The van der Waals surface area contributed by atoms with E-state index in [4.69, 9.17) is 18.1 Å². The van der Waals surface area contributed by atoms with Gasteiger partial charge in [0.25, 0.3) is 5.78 Å². The van der Waals surface area contributed by atoms with Gasteiger partial charge in [0.15, 0.2) is 6.04 Å². The minimum atomic E-state index is -0.125. The molecule has 16 heavy (non-hydrogen) atoms. The highest BCUT2D eigenvalue weighted by Gasteiger charge is 2.32. The number of hydrogen-bond acceptors (Lipinski definition) is 4. The number of Topliss-reactive ketones (excluding diaryl/α,β-unsaturated/α-hetero) is 1. The van der Waals surface area contributed by atoms with Gasteiger partial charge in [0.1, 0.15) is 17.7 Å². The smallest absolute Gasteiger partial charge is 0.253 e. The summed E-state index contributed by atoms with van der Waals surface area (Å²) in [4.78, 5) is 12.3. The number of hydrazine groups is 1. The summed E-state index contributed by atoms with van der Waals surface area (Å²) in [5, 5.41) is 2.96. The summed E-state index contributed by atoms with van der Waals surface area (Å²) >= 11 is 5.16. The lowest BCUT2D eigenvalue weighted by Crippen LogP contribution is -2.44. The van der Waals surface area contributed by atoms with Crippen LogP contribution in [-0.2, 0) is 4.79 Å². The number of nitrogens with one attached hydrogen (secondary N) is 2. The molecule has 0 saturated heterocycles. The average Bonchev–Trinajstić information content (AvgIpc) is 2.23. The van der Waals surface area contributed by atoms with E-state index in [1.165, 1.54) is 6.21 Å². The van der Waals surface area contributed by atoms with Crippen LogP contribution in [0.25, 0.3) is 0 Å². The Morgan fingerprint density at radius 3 is 2.81 bits per heavy atom. The summed E-state index contributed by atoms with van der Waals surface area (Å²) in [6.45, 7) is 4.55. The van der Waals surface area contributed by atoms with Gasteiger partial charge < -0.3 is 10.7 Å². The largest absolute Gasteiger partial charge is 0.376 e. The van der Waals surface area contributed by atoms with Gasteiger partial charge in [-0.2, -0.15) is 0 Å². The van der Waals surface area contributed by atoms with E-state index in [9.17, 15) is 4.79 Å². The van der Waals surface area contributed by atoms with Crippen molar-refractivity contribution in [3.8, 4) is 0 Å². The number of nitrogens with zero attached hydrogens (tertiary/aromatic N) is 1. The molecule has 1 aliphatic rings. The van der Waals surface area contributed by atoms with Crippen molar-refractivity contribution in [2.45, 2.75) is 19.9 Å². The number of ketones is 1. The Morgan fingerprint density at radius 2 is 2.31 bits per heavy atom. The first-order valence-corrected chi connectivity index (χ1v) is 5.53. The maximum Gasteiger partial charge on any atom is 0.253 e. The van der Waals surface area contributed by atoms with Gasteiger partial charge in [-0.15, -0.1) is 0 Å². The predicted molar refractivity (Wildman–Crippen MR) is 67.3 cm³/mol. The zero-order valence-electron chi connectivity index (χ0n) is 9.70. The summed E-state index contributed by atoms with van der Waals surface area (Å²) in [6.07, 6.45) is 1.53. The molecule has 1 aliphatic heterocycles. The summed E-state index contributed by atoms with van der Waals surface area (Å²) in [6, 6.07) is 0.00862. The molecule has 0 aliphatic carbocycles. The van der Waals surface area contributed by atoms with E-state index >= 15 is 0 Å². The molecule has 0 radical (unpaired) electrons. The fourth-order valence-electron chi connectivity index (χ4n) is 1.58. The van der Waals surface area contributed by atoms with E-state index in [2.05, 4.69) is 10.7 Å². The summed E-state index contributed by atoms with van der Waals surface area (Å²) in [5.41, 5.74) is 3.69. The molecule has 6 heteroatoms. The van der Waals surface area contributed by atoms with Crippen molar-refractivity contribution >= 4 is 29.2 Å². The molecule has 0 spiro atoms. The van der Waals surface area contributed by atoms with Crippen molar-refractivity contribution in [2.24, 2.45) is 5.84 Å². The molecule has 0 bridgehead atoms. The number of carbonyl (C=O) groups is 1. The zero-order chi connectivity index (χ0) is 12.3. The molecule has 0 aromatic rings. The molecular formula is C10H17N4OS+. The average molecular weight is 241 g/mol. The van der Waals surface area contributed by atoms with Crippen molar-refractivity contribution in [1.82, 2.24) is 10.7 Å². The normalized spacial score (nSPS) is 20.6. The van der Waals surface area contributed by atoms with E-state index in [-0.39, 0.29) is 11.8 Å². The molecule has 1 heterocycles. The number of thiocarbonyl (C=S) groups is 1. The monoisotopic (exact) mass is 241 g/mol. The molecule has 0 aromatic heterocycles. The third-order valence-electron chi connectivity index (χ3n) is 2.59. The van der Waals surface area contributed by atoms with Crippen molar-refractivity contribution < 1.29 is 9.37 Å².